The van der Waals surface area contributed by atoms with Gasteiger partial charge in [-0.1, -0.05) is 0 Å². The number of nitrogens with zero attached hydrogens (tertiary/aromatic N) is 2. The molecule has 1 heterocycles. The monoisotopic (exact) mass is 392 g/mol. The molecule has 0 saturated carbocycles. The number of aliphatic hydroxyl groups excluding tert-OH is 1. The lowest BCUT2D eigenvalue weighted by Crippen LogP contribution is -2.47. The van der Waals surface area contributed by atoms with E-state index in [2.05, 4.69) is 41.4 Å². The average molecular weight is 392 g/mol. The van der Waals surface area contributed by atoms with Crippen molar-refractivity contribution in [1.29, 1.82) is 0 Å². The molecule has 0 saturated heterocycles. The van der Waals surface area contributed by atoms with E-state index >= 15 is 0 Å². The van der Waals surface area contributed by atoms with Crippen LogP contribution in [0.5, 0.6) is 0 Å². The van der Waals surface area contributed by atoms with Crippen LogP contribution in [0.4, 0.5) is 0 Å². The van der Waals surface area contributed by atoms with E-state index in [1.54, 1.807) is 24.5 Å². The van der Waals surface area contributed by atoms with Gasteiger partial charge >= 0.3 is 0 Å². The number of aliphatic imine (C=N–C) groups is 1. The number of guanidine groups is 1. The molecule has 6 heteroatoms. The van der Waals surface area contributed by atoms with E-state index < -0.39 is 6.10 Å². The summed E-state index contributed by atoms with van der Waals surface area (Å²) in [5.41, 5.74) is 0.758. The van der Waals surface area contributed by atoms with Crippen molar-refractivity contribution in [3.8, 4) is 0 Å². The topological polar surface area (TPSA) is 69.5 Å². The number of aliphatic hydroxyl groups is 1. The van der Waals surface area contributed by atoms with Crippen molar-refractivity contribution in [3.63, 3.8) is 0 Å². The van der Waals surface area contributed by atoms with Crippen molar-refractivity contribution in [1.82, 2.24) is 15.6 Å². The minimum atomic E-state index is -0.613. The van der Waals surface area contributed by atoms with Gasteiger partial charge in [0.1, 0.15) is 0 Å². The van der Waals surface area contributed by atoms with Crippen molar-refractivity contribution in [3.05, 3.63) is 30.1 Å². The van der Waals surface area contributed by atoms with E-state index in [0.717, 1.165) is 12.1 Å². The van der Waals surface area contributed by atoms with Crippen molar-refractivity contribution >= 4 is 29.9 Å². The van der Waals surface area contributed by atoms with Crippen LogP contribution in [0.25, 0.3) is 0 Å². The zero-order valence-electron chi connectivity index (χ0n) is 12.6. The summed E-state index contributed by atoms with van der Waals surface area (Å²) in [5, 5.41) is 16.5. The van der Waals surface area contributed by atoms with Crippen molar-refractivity contribution in [2.75, 3.05) is 13.1 Å². The minimum absolute atomic E-state index is 0. The Morgan fingerprint density at radius 2 is 1.95 bits per heavy atom. The summed E-state index contributed by atoms with van der Waals surface area (Å²) in [5.74, 6) is 0.711. The minimum Gasteiger partial charge on any atom is -0.386 e. The molecule has 1 unspecified atom stereocenters. The van der Waals surface area contributed by atoms with Gasteiger partial charge in [0, 0.05) is 24.5 Å². The third-order valence-electron chi connectivity index (χ3n) is 2.35. The lowest BCUT2D eigenvalue weighted by Gasteiger charge is -2.24. The van der Waals surface area contributed by atoms with Crippen molar-refractivity contribution in [2.24, 2.45) is 4.99 Å². The van der Waals surface area contributed by atoms with E-state index in [4.69, 9.17) is 0 Å². The second kappa shape index (κ2) is 9.12. The van der Waals surface area contributed by atoms with Crippen LogP contribution in [-0.4, -0.2) is 34.7 Å². The van der Waals surface area contributed by atoms with E-state index in [1.165, 1.54) is 0 Å². The Hall–Kier alpha value is -0.890. The molecule has 0 aliphatic rings. The Kier molecular flexibility index (Phi) is 8.71. The molecule has 5 nitrogen and oxygen atoms in total. The third-order valence-corrected chi connectivity index (χ3v) is 2.35. The van der Waals surface area contributed by atoms with Crippen LogP contribution in [0.2, 0.25) is 0 Å². The SMILES string of the molecule is CCNC(=NCC(O)c1ccncc1)NC(C)(C)C.I. The summed E-state index contributed by atoms with van der Waals surface area (Å²) < 4.78 is 0. The highest BCUT2D eigenvalue weighted by molar-refractivity contribution is 14.0. The smallest absolute Gasteiger partial charge is 0.191 e. The van der Waals surface area contributed by atoms with E-state index in [0.29, 0.717) is 12.5 Å². The number of halogens is 1. The maximum Gasteiger partial charge on any atom is 0.191 e. The largest absolute Gasteiger partial charge is 0.386 e. The van der Waals surface area contributed by atoms with E-state index in [-0.39, 0.29) is 29.5 Å². The highest BCUT2D eigenvalue weighted by Crippen LogP contribution is 2.11. The Morgan fingerprint density at radius 3 is 2.45 bits per heavy atom. The zero-order chi connectivity index (χ0) is 14.3. The maximum atomic E-state index is 10.0. The van der Waals surface area contributed by atoms with Crippen molar-refractivity contribution < 1.29 is 5.11 Å². The molecule has 0 fully saturated rings. The number of hydrogen-bond acceptors (Lipinski definition) is 3. The molecule has 0 aromatic carbocycles. The second-order valence-corrected chi connectivity index (χ2v) is 5.39. The summed E-state index contributed by atoms with van der Waals surface area (Å²) in [6.07, 6.45) is 2.72. The highest BCUT2D eigenvalue weighted by atomic mass is 127. The molecule has 0 radical (unpaired) electrons. The molecule has 0 aliphatic heterocycles. The fourth-order valence-electron chi connectivity index (χ4n) is 1.53. The molecule has 1 aromatic heterocycles. The van der Waals surface area contributed by atoms with Gasteiger partial charge < -0.3 is 15.7 Å². The highest BCUT2D eigenvalue weighted by Gasteiger charge is 2.12. The molecule has 0 spiro atoms. The Balaban J connectivity index is 0.00000361. The predicted molar refractivity (Wildman–Crippen MR) is 93.5 cm³/mol. The van der Waals surface area contributed by atoms with E-state index in [1.807, 2.05) is 6.92 Å². The van der Waals surface area contributed by atoms with Crippen LogP contribution in [-0.2, 0) is 0 Å². The Morgan fingerprint density at radius 1 is 1.35 bits per heavy atom. The number of hydrogen-bond donors (Lipinski definition) is 3. The third kappa shape index (κ3) is 7.64. The summed E-state index contributed by atoms with van der Waals surface area (Å²) in [4.78, 5) is 8.33. The predicted octanol–water partition coefficient (Wildman–Crippen LogP) is 2.09. The first-order valence-electron chi connectivity index (χ1n) is 6.57. The number of rotatable bonds is 4. The quantitative estimate of drug-likeness (QED) is 0.417. The fourth-order valence-corrected chi connectivity index (χ4v) is 1.53. The number of nitrogens with one attached hydrogen (secondary N) is 2. The molecular formula is C14H25IN4O. The van der Waals surface area contributed by atoms with Gasteiger partial charge in [-0.2, -0.15) is 0 Å². The van der Waals surface area contributed by atoms with E-state index in [9.17, 15) is 5.11 Å². The molecule has 1 aromatic rings. The van der Waals surface area contributed by atoms with Gasteiger partial charge in [-0.05, 0) is 45.4 Å². The first-order valence-corrected chi connectivity index (χ1v) is 6.57. The molecule has 1 rings (SSSR count). The van der Waals surface area contributed by atoms with Crippen LogP contribution < -0.4 is 10.6 Å². The van der Waals surface area contributed by atoms with Crippen LogP contribution in [0.1, 0.15) is 39.4 Å². The fraction of sp³-hybridized carbons (Fsp3) is 0.571. The molecule has 0 aliphatic carbocycles. The first-order chi connectivity index (χ1) is 8.92. The van der Waals surface area contributed by atoms with Gasteiger partial charge in [-0.15, -0.1) is 24.0 Å². The number of aromatic nitrogens is 1. The van der Waals surface area contributed by atoms with Crippen molar-refractivity contribution in [2.45, 2.75) is 39.3 Å². The zero-order valence-corrected chi connectivity index (χ0v) is 14.9. The summed E-state index contributed by atoms with van der Waals surface area (Å²) >= 11 is 0. The summed E-state index contributed by atoms with van der Waals surface area (Å²) in [6, 6.07) is 3.59. The molecular weight excluding hydrogens is 367 g/mol. The molecule has 114 valence electrons. The number of pyridine rings is 1. The molecule has 20 heavy (non-hydrogen) atoms. The van der Waals surface area contributed by atoms with Crippen LogP contribution in [0, 0.1) is 0 Å². The molecule has 1 atom stereocenters. The molecule has 0 amide bonds. The standard InChI is InChI=1S/C14H24N4O.HI/c1-5-16-13(18-14(2,3)4)17-10-12(19)11-6-8-15-9-7-11;/h6-9,12,19H,5,10H2,1-4H3,(H2,16,17,18);1H. The van der Waals surface area contributed by atoms with Crippen LogP contribution >= 0.6 is 24.0 Å². The van der Waals surface area contributed by atoms with Gasteiger partial charge in [0.25, 0.3) is 0 Å². The lowest BCUT2D eigenvalue weighted by atomic mass is 10.1. The van der Waals surface area contributed by atoms with Gasteiger partial charge in [-0.25, -0.2) is 0 Å². The Labute approximate surface area is 138 Å². The van der Waals surface area contributed by atoms with Crippen LogP contribution in [0.3, 0.4) is 0 Å². The maximum absolute atomic E-state index is 10.0. The molecule has 0 bridgehead atoms. The average Bonchev–Trinajstić information content (AvgIpc) is 2.35. The molecule has 3 N–H and O–H groups in total. The Bertz CT molecular complexity index is 403. The van der Waals surface area contributed by atoms with Crippen LogP contribution in [0.15, 0.2) is 29.5 Å². The normalized spacial score (nSPS) is 13.3. The first kappa shape index (κ1) is 19.1. The lowest BCUT2D eigenvalue weighted by molar-refractivity contribution is 0.187. The van der Waals surface area contributed by atoms with Gasteiger partial charge in [-0.3, -0.25) is 9.98 Å². The van der Waals surface area contributed by atoms with Gasteiger partial charge in [0.15, 0.2) is 5.96 Å². The second-order valence-electron chi connectivity index (χ2n) is 5.39. The summed E-state index contributed by atoms with van der Waals surface area (Å²) in [7, 11) is 0. The van der Waals surface area contributed by atoms with Gasteiger partial charge in [0.2, 0.25) is 0 Å². The van der Waals surface area contributed by atoms with Gasteiger partial charge in [0.05, 0.1) is 12.6 Å². The summed E-state index contributed by atoms with van der Waals surface area (Å²) in [6.45, 7) is 9.32.